The number of nitrogens with one attached hydrogen (secondary N) is 1. The van der Waals surface area contributed by atoms with Crippen LogP contribution in [0.1, 0.15) is 12.5 Å². The minimum absolute atomic E-state index is 0.0701. The first-order valence-corrected chi connectivity index (χ1v) is 12.8. The Morgan fingerprint density at radius 1 is 1.23 bits per heavy atom. The average Bonchev–Trinajstić information content (AvgIpc) is 3.25. The number of aryl methyl sites for hydroxylation is 1. The van der Waals surface area contributed by atoms with E-state index < -0.39 is 9.84 Å². The predicted octanol–water partition coefficient (Wildman–Crippen LogP) is 2.97. The number of fused-ring (bicyclic) bond motifs is 1. The van der Waals surface area contributed by atoms with Gasteiger partial charge in [-0.2, -0.15) is 0 Å². The molecule has 9 heteroatoms. The van der Waals surface area contributed by atoms with E-state index >= 15 is 0 Å². The lowest BCUT2D eigenvalue weighted by Crippen LogP contribution is -2.36. The van der Waals surface area contributed by atoms with Crippen LogP contribution < -0.4 is 15.0 Å². The first-order chi connectivity index (χ1) is 14.9. The monoisotopic (exact) mass is 459 g/mol. The van der Waals surface area contributed by atoms with Crippen molar-refractivity contribution in [3.63, 3.8) is 0 Å². The van der Waals surface area contributed by atoms with Gasteiger partial charge in [0.25, 0.3) is 0 Å². The second-order valence-corrected chi connectivity index (χ2v) is 11.0. The highest BCUT2D eigenvalue weighted by atomic mass is 32.2. The quantitative estimate of drug-likeness (QED) is 0.715. The van der Waals surface area contributed by atoms with Crippen molar-refractivity contribution in [3.05, 3.63) is 54.1 Å². The van der Waals surface area contributed by atoms with Crippen molar-refractivity contribution in [2.24, 2.45) is 4.99 Å². The van der Waals surface area contributed by atoms with Crippen LogP contribution in [0.5, 0.6) is 5.75 Å². The van der Waals surface area contributed by atoms with Crippen LogP contribution in [-0.2, 0) is 21.1 Å². The van der Waals surface area contributed by atoms with Gasteiger partial charge in [0.15, 0.2) is 15.0 Å². The average molecular weight is 460 g/mol. The topological polar surface area (TPSA) is 88.1 Å². The van der Waals surface area contributed by atoms with E-state index in [-0.39, 0.29) is 35.2 Å². The van der Waals surface area contributed by atoms with Crippen LogP contribution in [-0.4, -0.2) is 55.9 Å². The van der Waals surface area contributed by atoms with E-state index in [4.69, 9.17) is 4.74 Å². The van der Waals surface area contributed by atoms with Crippen LogP contribution in [0.2, 0.25) is 0 Å². The molecule has 0 spiro atoms. The van der Waals surface area contributed by atoms with Gasteiger partial charge in [-0.1, -0.05) is 36.9 Å². The summed E-state index contributed by atoms with van der Waals surface area (Å²) in [6, 6.07) is 15.0. The van der Waals surface area contributed by atoms with Gasteiger partial charge in [-0.3, -0.25) is 9.79 Å². The number of ether oxygens (including phenoxy) is 1. The zero-order valence-corrected chi connectivity index (χ0v) is 19.1. The van der Waals surface area contributed by atoms with Gasteiger partial charge in [-0.15, -0.1) is 0 Å². The van der Waals surface area contributed by atoms with Gasteiger partial charge in [0.2, 0.25) is 5.91 Å². The highest BCUT2D eigenvalue weighted by Crippen LogP contribution is 2.36. The molecule has 0 aromatic heterocycles. The Labute approximate surface area is 186 Å². The highest BCUT2D eigenvalue weighted by Gasteiger charge is 2.44. The first kappa shape index (κ1) is 21.7. The Bertz CT molecular complexity index is 1100. The molecule has 0 bridgehead atoms. The molecule has 164 valence electrons. The summed E-state index contributed by atoms with van der Waals surface area (Å²) in [5, 5.41) is 3.51. The van der Waals surface area contributed by atoms with E-state index in [9.17, 15) is 13.2 Å². The third kappa shape index (κ3) is 5.04. The van der Waals surface area contributed by atoms with Crippen LogP contribution >= 0.6 is 11.8 Å². The summed E-state index contributed by atoms with van der Waals surface area (Å²) in [5.74, 6) is 0.677. The number of sulfone groups is 1. The van der Waals surface area contributed by atoms with Gasteiger partial charge < -0.3 is 15.0 Å². The fraction of sp³-hybridized carbons (Fsp3) is 0.364. The molecule has 4 rings (SSSR count). The number of anilines is 2. The number of amides is 1. The summed E-state index contributed by atoms with van der Waals surface area (Å²) >= 11 is 1.45. The molecule has 2 aromatic rings. The molecule has 0 unspecified atom stereocenters. The molecular formula is C22H25N3O4S2. The lowest BCUT2D eigenvalue weighted by Gasteiger charge is -2.24. The molecule has 1 N–H and O–H groups in total. The second-order valence-electron chi connectivity index (χ2n) is 7.60. The molecule has 31 heavy (non-hydrogen) atoms. The number of hydrogen-bond acceptors (Lipinski definition) is 7. The first-order valence-electron chi connectivity index (χ1n) is 10.1. The number of thioether (sulfide) groups is 1. The van der Waals surface area contributed by atoms with Crippen LogP contribution in [0, 0.1) is 0 Å². The molecule has 1 amide bonds. The molecule has 2 heterocycles. The van der Waals surface area contributed by atoms with Crippen molar-refractivity contribution in [2.75, 3.05) is 35.4 Å². The highest BCUT2D eigenvalue weighted by molar-refractivity contribution is 8.15. The van der Waals surface area contributed by atoms with E-state index in [1.165, 1.54) is 17.3 Å². The van der Waals surface area contributed by atoms with Gasteiger partial charge in [0.1, 0.15) is 12.3 Å². The Hall–Kier alpha value is -2.52. The van der Waals surface area contributed by atoms with Crippen molar-refractivity contribution in [1.29, 1.82) is 0 Å². The maximum absolute atomic E-state index is 12.9. The van der Waals surface area contributed by atoms with Crippen molar-refractivity contribution >= 4 is 44.0 Å². The third-order valence-corrected chi connectivity index (χ3v) is 8.60. The molecule has 7 nitrogen and oxygen atoms in total. The van der Waals surface area contributed by atoms with E-state index in [0.717, 1.165) is 12.1 Å². The summed E-state index contributed by atoms with van der Waals surface area (Å²) in [5.41, 5.74) is 2.70. The van der Waals surface area contributed by atoms with Crippen LogP contribution in [0.3, 0.4) is 0 Å². The van der Waals surface area contributed by atoms with E-state index in [1.54, 1.807) is 19.2 Å². The number of aliphatic imine (C=N–C) groups is 1. The molecule has 0 saturated carbocycles. The largest absolute Gasteiger partial charge is 0.497 e. The summed E-state index contributed by atoms with van der Waals surface area (Å²) in [6.07, 6.45) is 0.925. The molecule has 0 aliphatic carbocycles. The number of amidine groups is 1. The van der Waals surface area contributed by atoms with Crippen molar-refractivity contribution in [3.8, 4) is 5.75 Å². The maximum atomic E-state index is 12.9. The van der Waals surface area contributed by atoms with Gasteiger partial charge >= 0.3 is 0 Å². The molecule has 2 aliphatic heterocycles. The van der Waals surface area contributed by atoms with Crippen LogP contribution in [0.15, 0.2) is 53.5 Å². The third-order valence-electron chi connectivity index (χ3n) is 5.35. The summed E-state index contributed by atoms with van der Waals surface area (Å²) in [6.45, 7) is 2.16. The van der Waals surface area contributed by atoms with E-state index in [1.807, 2.05) is 41.3 Å². The zero-order valence-electron chi connectivity index (χ0n) is 17.4. The van der Waals surface area contributed by atoms with Crippen LogP contribution in [0.4, 0.5) is 11.4 Å². The number of rotatable bonds is 6. The molecule has 0 radical (unpaired) electrons. The van der Waals surface area contributed by atoms with Crippen molar-refractivity contribution in [2.45, 2.75) is 24.6 Å². The molecule has 2 atom stereocenters. The fourth-order valence-corrected chi connectivity index (χ4v) is 7.48. The summed E-state index contributed by atoms with van der Waals surface area (Å²) in [7, 11) is -1.46. The van der Waals surface area contributed by atoms with Crippen molar-refractivity contribution < 1.29 is 17.9 Å². The number of methoxy groups -OCH3 is 1. The standard InChI is InChI=1S/C22H25N3O4S2/c1-3-15-7-9-17(10-8-15)25(22-24-19-13-31(27,28)14-20(19)30-22)12-21(26)23-16-5-4-6-18(11-16)29-2/h4-11,19-20H,3,12-14H2,1-2H3,(H,23,26)/t19-,20+/m0/s1. The maximum Gasteiger partial charge on any atom is 0.244 e. The Kier molecular flexibility index (Phi) is 6.24. The molecule has 1 saturated heterocycles. The minimum atomic E-state index is -3.04. The van der Waals surface area contributed by atoms with E-state index in [0.29, 0.717) is 16.6 Å². The zero-order chi connectivity index (χ0) is 22.0. The number of carbonyl (C=O) groups excluding carboxylic acids is 1. The lowest BCUT2D eigenvalue weighted by atomic mass is 10.1. The number of hydrogen-bond donors (Lipinski definition) is 1. The normalized spacial score (nSPS) is 21.3. The molecular weight excluding hydrogens is 434 g/mol. The summed E-state index contributed by atoms with van der Waals surface area (Å²) in [4.78, 5) is 19.4. The van der Waals surface area contributed by atoms with Gasteiger partial charge in [-0.05, 0) is 36.2 Å². The Balaban J connectivity index is 1.56. The predicted molar refractivity (Wildman–Crippen MR) is 126 cm³/mol. The molecule has 1 fully saturated rings. The Morgan fingerprint density at radius 3 is 2.68 bits per heavy atom. The molecule has 2 aromatic carbocycles. The van der Waals surface area contributed by atoms with Gasteiger partial charge in [0, 0.05) is 22.7 Å². The van der Waals surface area contributed by atoms with Crippen molar-refractivity contribution in [1.82, 2.24) is 0 Å². The number of benzene rings is 2. The summed E-state index contributed by atoms with van der Waals surface area (Å²) < 4.78 is 29.1. The van der Waals surface area contributed by atoms with Crippen LogP contribution in [0.25, 0.3) is 0 Å². The van der Waals surface area contributed by atoms with E-state index in [2.05, 4.69) is 17.2 Å². The minimum Gasteiger partial charge on any atom is -0.497 e. The van der Waals surface area contributed by atoms with Gasteiger partial charge in [-0.25, -0.2) is 8.42 Å². The fourth-order valence-electron chi connectivity index (χ4n) is 3.70. The molecule has 2 aliphatic rings. The Morgan fingerprint density at radius 2 is 2.00 bits per heavy atom. The lowest BCUT2D eigenvalue weighted by molar-refractivity contribution is -0.114. The second kappa shape index (κ2) is 8.92. The smallest absolute Gasteiger partial charge is 0.244 e. The SMILES string of the molecule is CCc1ccc(N(CC(=O)Nc2cccc(OC)c2)C2=N[C@H]3CS(=O)(=O)C[C@H]3S2)cc1. The van der Waals surface area contributed by atoms with Gasteiger partial charge in [0.05, 0.1) is 24.7 Å². The number of nitrogens with zero attached hydrogens (tertiary/aromatic N) is 2. The number of carbonyl (C=O) groups is 1.